The highest BCUT2D eigenvalue weighted by Crippen LogP contribution is 2.22. The van der Waals surface area contributed by atoms with E-state index in [-0.39, 0.29) is 23.6 Å². The van der Waals surface area contributed by atoms with Crippen LogP contribution < -0.4 is 10.6 Å². The van der Waals surface area contributed by atoms with E-state index in [1.165, 1.54) is 0 Å². The maximum atomic E-state index is 12.9. The molecule has 0 aliphatic carbocycles. The average molecular weight is 388 g/mol. The van der Waals surface area contributed by atoms with Crippen LogP contribution in [0.5, 0.6) is 0 Å². The number of aryl methyl sites for hydroxylation is 1. The molecule has 1 atom stereocenters. The number of amides is 3. The standard InChI is InChI=1S/C22H33N3O3/c1-5-19(26)25-12-10-17(11-13-25)20(22(28)23-14-15(2)3)24-21(27)18-9-7-6-8-16(18)4/h6-9,15,17,20H,5,10-14H2,1-4H3,(H,23,28)(H,24,27)/t20-/m0/s1. The first-order chi connectivity index (χ1) is 13.3. The first-order valence-corrected chi connectivity index (χ1v) is 10.3. The first kappa shape index (κ1) is 21.9. The quantitative estimate of drug-likeness (QED) is 0.755. The molecule has 1 aliphatic heterocycles. The van der Waals surface area contributed by atoms with Crippen LogP contribution in [0.1, 0.15) is 56.0 Å². The van der Waals surface area contributed by atoms with E-state index in [1.54, 1.807) is 6.07 Å². The Hall–Kier alpha value is -2.37. The van der Waals surface area contributed by atoms with Gasteiger partial charge in [0.25, 0.3) is 5.91 Å². The van der Waals surface area contributed by atoms with Crippen molar-refractivity contribution in [3.05, 3.63) is 35.4 Å². The number of rotatable bonds is 7. The Kier molecular flexibility index (Phi) is 8.03. The third-order valence-corrected chi connectivity index (χ3v) is 5.31. The summed E-state index contributed by atoms with van der Waals surface area (Å²) < 4.78 is 0. The van der Waals surface area contributed by atoms with E-state index in [0.29, 0.717) is 50.4 Å². The number of hydrogen-bond acceptors (Lipinski definition) is 3. The van der Waals surface area contributed by atoms with E-state index in [2.05, 4.69) is 10.6 Å². The predicted octanol–water partition coefficient (Wildman–Crippen LogP) is 2.51. The van der Waals surface area contributed by atoms with Gasteiger partial charge < -0.3 is 15.5 Å². The number of carbonyl (C=O) groups excluding carboxylic acids is 3. The van der Waals surface area contributed by atoms with Gasteiger partial charge in [0.15, 0.2) is 0 Å². The second-order valence-electron chi connectivity index (χ2n) is 7.98. The topological polar surface area (TPSA) is 78.5 Å². The van der Waals surface area contributed by atoms with Crippen molar-refractivity contribution >= 4 is 17.7 Å². The molecule has 1 aliphatic rings. The lowest BCUT2D eigenvalue weighted by atomic mass is 9.88. The largest absolute Gasteiger partial charge is 0.354 e. The molecule has 0 spiro atoms. The minimum atomic E-state index is -0.593. The Morgan fingerprint density at radius 2 is 1.79 bits per heavy atom. The van der Waals surface area contributed by atoms with Crippen molar-refractivity contribution in [1.82, 2.24) is 15.5 Å². The highest BCUT2D eigenvalue weighted by Gasteiger charge is 2.33. The fourth-order valence-corrected chi connectivity index (χ4v) is 3.56. The molecule has 1 aromatic carbocycles. The summed E-state index contributed by atoms with van der Waals surface area (Å²) in [5, 5.41) is 5.93. The summed E-state index contributed by atoms with van der Waals surface area (Å²) >= 11 is 0. The second-order valence-corrected chi connectivity index (χ2v) is 7.98. The van der Waals surface area contributed by atoms with Gasteiger partial charge in [-0.25, -0.2) is 0 Å². The predicted molar refractivity (Wildman–Crippen MR) is 110 cm³/mol. The maximum absolute atomic E-state index is 12.9. The highest BCUT2D eigenvalue weighted by molar-refractivity contribution is 5.98. The van der Waals surface area contributed by atoms with Crippen LogP contribution in [0.4, 0.5) is 0 Å². The van der Waals surface area contributed by atoms with Crippen molar-refractivity contribution in [2.75, 3.05) is 19.6 Å². The van der Waals surface area contributed by atoms with Gasteiger partial charge in [0.2, 0.25) is 11.8 Å². The van der Waals surface area contributed by atoms with Gasteiger partial charge in [-0.05, 0) is 43.2 Å². The molecule has 0 unspecified atom stereocenters. The Labute approximate surface area is 168 Å². The molecule has 1 fully saturated rings. The van der Waals surface area contributed by atoms with Crippen LogP contribution in [0.2, 0.25) is 0 Å². The zero-order valence-electron chi connectivity index (χ0n) is 17.5. The first-order valence-electron chi connectivity index (χ1n) is 10.3. The third kappa shape index (κ3) is 5.81. The SMILES string of the molecule is CCC(=O)N1CCC([C@H](NC(=O)c2ccccc2C)C(=O)NCC(C)C)CC1. The minimum Gasteiger partial charge on any atom is -0.354 e. The summed E-state index contributed by atoms with van der Waals surface area (Å²) in [5.74, 6) is 0.121. The Morgan fingerprint density at radius 1 is 1.14 bits per heavy atom. The van der Waals surface area contributed by atoms with Crippen LogP contribution in [0, 0.1) is 18.8 Å². The van der Waals surface area contributed by atoms with E-state index >= 15 is 0 Å². The number of piperidine rings is 1. The monoisotopic (exact) mass is 387 g/mol. The van der Waals surface area contributed by atoms with Gasteiger partial charge in [-0.2, -0.15) is 0 Å². The number of likely N-dealkylation sites (tertiary alicyclic amines) is 1. The van der Waals surface area contributed by atoms with E-state index < -0.39 is 6.04 Å². The molecule has 154 valence electrons. The highest BCUT2D eigenvalue weighted by atomic mass is 16.2. The van der Waals surface area contributed by atoms with Gasteiger partial charge in [0.1, 0.15) is 6.04 Å². The van der Waals surface area contributed by atoms with Crippen LogP contribution >= 0.6 is 0 Å². The van der Waals surface area contributed by atoms with Gasteiger partial charge in [-0.1, -0.05) is 39.0 Å². The Bertz CT molecular complexity index is 694. The molecule has 28 heavy (non-hydrogen) atoms. The molecule has 6 nitrogen and oxygen atoms in total. The number of nitrogens with one attached hydrogen (secondary N) is 2. The molecule has 0 radical (unpaired) electrons. The lowest BCUT2D eigenvalue weighted by molar-refractivity contribution is -0.132. The van der Waals surface area contributed by atoms with Gasteiger partial charge >= 0.3 is 0 Å². The van der Waals surface area contributed by atoms with Crippen molar-refractivity contribution in [2.24, 2.45) is 11.8 Å². The number of benzene rings is 1. The number of carbonyl (C=O) groups is 3. The van der Waals surface area contributed by atoms with Crippen molar-refractivity contribution < 1.29 is 14.4 Å². The number of hydrogen-bond donors (Lipinski definition) is 2. The zero-order chi connectivity index (χ0) is 20.7. The lowest BCUT2D eigenvalue weighted by Gasteiger charge is -2.36. The molecule has 0 saturated carbocycles. The molecule has 6 heteroatoms. The third-order valence-electron chi connectivity index (χ3n) is 5.31. The molecule has 2 N–H and O–H groups in total. The van der Waals surface area contributed by atoms with Gasteiger partial charge in [-0.15, -0.1) is 0 Å². The van der Waals surface area contributed by atoms with Crippen molar-refractivity contribution in [1.29, 1.82) is 0 Å². The van der Waals surface area contributed by atoms with Crippen LogP contribution in [0.15, 0.2) is 24.3 Å². The average Bonchev–Trinajstić information content (AvgIpc) is 2.70. The van der Waals surface area contributed by atoms with Gasteiger partial charge in [0.05, 0.1) is 0 Å². The molecule has 0 bridgehead atoms. The Morgan fingerprint density at radius 3 is 2.36 bits per heavy atom. The van der Waals surface area contributed by atoms with Gasteiger partial charge in [-0.3, -0.25) is 14.4 Å². The molecule has 1 heterocycles. The van der Waals surface area contributed by atoms with Gasteiger partial charge in [0, 0.05) is 31.6 Å². The second kappa shape index (κ2) is 10.2. The molecular formula is C22H33N3O3. The normalized spacial score (nSPS) is 16.0. The van der Waals surface area contributed by atoms with Crippen LogP contribution in [0.25, 0.3) is 0 Å². The van der Waals surface area contributed by atoms with E-state index in [4.69, 9.17) is 0 Å². The number of nitrogens with zero attached hydrogens (tertiary/aromatic N) is 1. The molecule has 1 saturated heterocycles. The van der Waals surface area contributed by atoms with Crippen molar-refractivity contribution in [3.8, 4) is 0 Å². The van der Waals surface area contributed by atoms with E-state index in [0.717, 1.165) is 5.56 Å². The fourth-order valence-electron chi connectivity index (χ4n) is 3.56. The Balaban J connectivity index is 2.11. The van der Waals surface area contributed by atoms with Crippen LogP contribution in [-0.4, -0.2) is 48.3 Å². The summed E-state index contributed by atoms with van der Waals surface area (Å²) in [6.45, 7) is 9.66. The smallest absolute Gasteiger partial charge is 0.252 e. The summed E-state index contributed by atoms with van der Waals surface area (Å²) in [6.07, 6.45) is 1.91. The minimum absolute atomic E-state index is 0.0148. The molecule has 1 aromatic rings. The lowest BCUT2D eigenvalue weighted by Crippen LogP contribution is -2.54. The summed E-state index contributed by atoms with van der Waals surface area (Å²) in [4.78, 5) is 39.5. The summed E-state index contributed by atoms with van der Waals surface area (Å²) in [6, 6.07) is 6.78. The zero-order valence-corrected chi connectivity index (χ0v) is 17.5. The summed E-state index contributed by atoms with van der Waals surface area (Å²) in [5.41, 5.74) is 1.47. The summed E-state index contributed by atoms with van der Waals surface area (Å²) in [7, 11) is 0. The van der Waals surface area contributed by atoms with E-state index in [9.17, 15) is 14.4 Å². The maximum Gasteiger partial charge on any atom is 0.252 e. The van der Waals surface area contributed by atoms with Crippen molar-refractivity contribution in [3.63, 3.8) is 0 Å². The van der Waals surface area contributed by atoms with Crippen LogP contribution in [0.3, 0.4) is 0 Å². The fraction of sp³-hybridized carbons (Fsp3) is 0.591. The molecular weight excluding hydrogens is 354 g/mol. The van der Waals surface area contributed by atoms with Crippen LogP contribution in [-0.2, 0) is 9.59 Å². The molecule has 3 amide bonds. The molecule has 0 aromatic heterocycles. The molecule has 2 rings (SSSR count). The van der Waals surface area contributed by atoms with E-state index in [1.807, 2.05) is 50.8 Å². The van der Waals surface area contributed by atoms with Crippen molar-refractivity contribution in [2.45, 2.75) is 53.0 Å².